The van der Waals surface area contributed by atoms with Crippen molar-refractivity contribution in [2.24, 2.45) is 0 Å². The van der Waals surface area contributed by atoms with Crippen molar-refractivity contribution in [2.45, 2.75) is 19.8 Å². The van der Waals surface area contributed by atoms with Gasteiger partial charge >= 0.3 is 0 Å². The minimum atomic E-state index is -3.52. The quantitative estimate of drug-likeness (QED) is 0.820. The van der Waals surface area contributed by atoms with Crippen LogP contribution in [0.25, 0.3) is 0 Å². The number of carbonyl (C=O) groups is 1. The molecule has 0 spiro atoms. The highest BCUT2D eigenvalue weighted by molar-refractivity contribution is 7.92. The highest BCUT2D eigenvalue weighted by Gasteiger charge is 2.18. The lowest BCUT2D eigenvalue weighted by atomic mass is 10.2. The first kappa shape index (κ1) is 17.0. The van der Waals surface area contributed by atoms with E-state index in [1.54, 1.807) is 18.2 Å². The van der Waals surface area contributed by atoms with E-state index in [1.807, 2.05) is 13.0 Å². The fourth-order valence-corrected chi connectivity index (χ4v) is 2.69. The third-order valence-corrected chi connectivity index (χ3v) is 3.97. The Morgan fingerprint density at radius 1 is 1.43 bits per heavy atom. The van der Waals surface area contributed by atoms with Crippen LogP contribution < -0.4 is 9.62 Å². The van der Waals surface area contributed by atoms with Gasteiger partial charge in [-0.05, 0) is 24.6 Å². The van der Waals surface area contributed by atoms with Gasteiger partial charge in [0.15, 0.2) is 0 Å². The van der Waals surface area contributed by atoms with Crippen LogP contribution in [0, 0.1) is 11.3 Å². The van der Waals surface area contributed by atoms with Gasteiger partial charge in [0.05, 0.1) is 23.6 Å². The van der Waals surface area contributed by atoms with Gasteiger partial charge in [-0.25, -0.2) is 8.42 Å². The molecule has 1 N–H and O–H groups in total. The summed E-state index contributed by atoms with van der Waals surface area (Å²) in [5.74, 6) is -0.193. The number of anilines is 1. The van der Waals surface area contributed by atoms with E-state index in [1.165, 1.54) is 6.07 Å². The van der Waals surface area contributed by atoms with Crippen LogP contribution in [0.3, 0.4) is 0 Å². The Labute approximate surface area is 125 Å². The van der Waals surface area contributed by atoms with Gasteiger partial charge < -0.3 is 5.32 Å². The first-order valence-corrected chi connectivity index (χ1v) is 8.48. The summed E-state index contributed by atoms with van der Waals surface area (Å²) in [5.41, 5.74) is 0.761. The molecule has 0 aliphatic rings. The Morgan fingerprint density at radius 2 is 2.14 bits per heavy atom. The van der Waals surface area contributed by atoms with E-state index in [-0.39, 0.29) is 18.9 Å². The Hall–Kier alpha value is -2.07. The molecule has 0 bridgehead atoms. The maximum atomic E-state index is 11.9. The lowest BCUT2D eigenvalue weighted by Gasteiger charge is -2.22. The molecular formula is C14H19N3O3S. The van der Waals surface area contributed by atoms with Gasteiger partial charge in [0.1, 0.15) is 0 Å². The number of amides is 1. The second-order valence-electron chi connectivity index (χ2n) is 4.60. The van der Waals surface area contributed by atoms with E-state index < -0.39 is 10.0 Å². The third kappa shape index (κ3) is 5.44. The van der Waals surface area contributed by atoms with Crippen molar-refractivity contribution in [2.75, 3.05) is 23.7 Å². The zero-order valence-electron chi connectivity index (χ0n) is 12.2. The molecule has 0 heterocycles. The number of nitriles is 1. The van der Waals surface area contributed by atoms with Crippen LogP contribution in [0.2, 0.25) is 0 Å². The zero-order chi connectivity index (χ0) is 15.9. The van der Waals surface area contributed by atoms with Crippen LogP contribution in [-0.4, -0.2) is 33.7 Å². The van der Waals surface area contributed by atoms with Gasteiger partial charge in [0, 0.05) is 19.5 Å². The predicted octanol–water partition coefficient (Wildman–Crippen LogP) is 1.24. The third-order valence-electron chi connectivity index (χ3n) is 2.78. The minimum absolute atomic E-state index is 0.0449. The largest absolute Gasteiger partial charge is 0.356 e. The first-order chi connectivity index (χ1) is 9.88. The maximum absolute atomic E-state index is 11.9. The highest BCUT2D eigenvalue weighted by atomic mass is 32.2. The van der Waals surface area contributed by atoms with Crippen LogP contribution in [0.4, 0.5) is 5.69 Å². The smallest absolute Gasteiger partial charge is 0.232 e. The van der Waals surface area contributed by atoms with Crippen LogP contribution in [0.15, 0.2) is 24.3 Å². The topological polar surface area (TPSA) is 90.3 Å². The molecule has 0 atom stereocenters. The molecule has 0 aliphatic carbocycles. The van der Waals surface area contributed by atoms with E-state index in [9.17, 15) is 13.2 Å². The van der Waals surface area contributed by atoms with E-state index in [0.29, 0.717) is 17.8 Å². The van der Waals surface area contributed by atoms with Gasteiger partial charge in [0.2, 0.25) is 15.9 Å². The Bertz CT molecular complexity index is 635. The number of nitrogens with one attached hydrogen (secondary N) is 1. The molecule has 0 saturated heterocycles. The fourth-order valence-electron chi connectivity index (χ4n) is 1.77. The average Bonchev–Trinajstić information content (AvgIpc) is 2.44. The summed E-state index contributed by atoms with van der Waals surface area (Å²) in [6, 6.07) is 8.27. The molecule has 1 aromatic rings. The van der Waals surface area contributed by atoms with Gasteiger partial charge in [-0.3, -0.25) is 9.10 Å². The van der Waals surface area contributed by atoms with Gasteiger partial charge in [0.25, 0.3) is 0 Å². The average molecular weight is 309 g/mol. The number of benzene rings is 1. The number of nitrogens with zero attached hydrogens (tertiary/aromatic N) is 2. The van der Waals surface area contributed by atoms with Crippen molar-refractivity contribution in [1.82, 2.24) is 5.32 Å². The summed E-state index contributed by atoms with van der Waals surface area (Å²) in [4.78, 5) is 11.6. The second-order valence-corrected chi connectivity index (χ2v) is 6.50. The minimum Gasteiger partial charge on any atom is -0.356 e. The van der Waals surface area contributed by atoms with Crippen molar-refractivity contribution < 1.29 is 13.2 Å². The standard InChI is InChI=1S/C14H19N3O3S/c1-3-8-16-14(18)7-9-17(21(2,19)20)13-6-4-5-12(10-13)11-15/h4-6,10H,3,7-9H2,1-2H3,(H,16,18). The van der Waals surface area contributed by atoms with E-state index in [4.69, 9.17) is 5.26 Å². The van der Waals surface area contributed by atoms with Crippen LogP contribution in [-0.2, 0) is 14.8 Å². The molecule has 0 fully saturated rings. The van der Waals surface area contributed by atoms with E-state index in [0.717, 1.165) is 17.0 Å². The summed E-state index contributed by atoms with van der Waals surface area (Å²) in [6.07, 6.45) is 1.98. The molecule has 0 aliphatic heterocycles. The Kier molecular flexibility index (Phi) is 6.18. The Morgan fingerprint density at radius 3 is 2.71 bits per heavy atom. The van der Waals surface area contributed by atoms with Crippen molar-refractivity contribution in [3.8, 4) is 6.07 Å². The van der Waals surface area contributed by atoms with Crippen molar-refractivity contribution in [3.05, 3.63) is 29.8 Å². The number of rotatable bonds is 7. The number of sulfonamides is 1. The van der Waals surface area contributed by atoms with Gasteiger partial charge in [-0.1, -0.05) is 13.0 Å². The molecule has 1 aromatic carbocycles. The summed E-state index contributed by atoms with van der Waals surface area (Å²) in [7, 11) is -3.52. The highest BCUT2D eigenvalue weighted by Crippen LogP contribution is 2.19. The first-order valence-electron chi connectivity index (χ1n) is 6.63. The summed E-state index contributed by atoms with van der Waals surface area (Å²) in [5, 5.41) is 11.6. The molecule has 7 heteroatoms. The van der Waals surface area contributed by atoms with Crippen LogP contribution >= 0.6 is 0 Å². The zero-order valence-corrected chi connectivity index (χ0v) is 13.0. The summed E-state index contributed by atoms with van der Waals surface area (Å²) < 4.78 is 24.9. The van der Waals surface area contributed by atoms with Crippen LogP contribution in [0.1, 0.15) is 25.3 Å². The Balaban J connectivity index is 2.88. The lowest BCUT2D eigenvalue weighted by Crippen LogP contribution is -2.34. The van der Waals surface area contributed by atoms with E-state index in [2.05, 4.69) is 5.32 Å². The summed E-state index contributed by atoms with van der Waals surface area (Å²) in [6.45, 7) is 2.56. The second kappa shape index (κ2) is 7.64. The SMILES string of the molecule is CCCNC(=O)CCN(c1cccc(C#N)c1)S(C)(=O)=O. The number of carbonyl (C=O) groups excluding carboxylic acids is 1. The molecule has 1 amide bonds. The van der Waals surface area contributed by atoms with Crippen molar-refractivity contribution >= 4 is 21.6 Å². The lowest BCUT2D eigenvalue weighted by molar-refractivity contribution is -0.120. The normalized spacial score (nSPS) is 10.7. The fraction of sp³-hybridized carbons (Fsp3) is 0.429. The van der Waals surface area contributed by atoms with Crippen molar-refractivity contribution in [1.29, 1.82) is 5.26 Å². The molecule has 21 heavy (non-hydrogen) atoms. The molecular weight excluding hydrogens is 290 g/mol. The van der Waals surface area contributed by atoms with Gasteiger partial charge in [-0.15, -0.1) is 0 Å². The molecule has 1 rings (SSSR count). The molecule has 0 aromatic heterocycles. The molecule has 0 radical (unpaired) electrons. The van der Waals surface area contributed by atoms with E-state index >= 15 is 0 Å². The molecule has 0 saturated carbocycles. The summed E-state index contributed by atoms with van der Waals surface area (Å²) >= 11 is 0. The molecule has 0 unspecified atom stereocenters. The number of hydrogen-bond acceptors (Lipinski definition) is 4. The van der Waals surface area contributed by atoms with Crippen molar-refractivity contribution in [3.63, 3.8) is 0 Å². The maximum Gasteiger partial charge on any atom is 0.232 e. The predicted molar refractivity (Wildman–Crippen MR) is 81.3 cm³/mol. The molecule has 6 nitrogen and oxygen atoms in total. The van der Waals surface area contributed by atoms with Gasteiger partial charge in [-0.2, -0.15) is 5.26 Å². The monoisotopic (exact) mass is 309 g/mol. The van der Waals surface area contributed by atoms with Crippen LogP contribution in [0.5, 0.6) is 0 Å². The molecule has 114 valence electrons. The number of hydrogen-bond donors (Lipinski definition) is 1.